The van der Waals surface area contributed by atoms with Crippen LogP contribution in [0.3, 0.4) is 0 Å². The summed E-state index contributed by atoms with van der Waals surface area (Å²) >= 11 is 0. The quantitative estimate of drug-likeness (QED) is 0.694. The minimum atomic E-state index is -1.61. The predicted molar refractivity (Wildman–Crippen MR) is 124 cm³/mol. The maximum absolute atomic E-state index is 11.7. The third-order valence-electron chi connectivity index (χ3n) is 6.11. The van der Waals surface area contributed by atoms with Crippen LogP contribution in [0.4, 0.5) is 11.4 Å². The van der Waals surface area contributed by atoms with Crippen molar-refractivity contribution in [2.45, 2.75) is 5.60 Å². The highest BCUT2D eigenvalue weighted by molar-refractivity contribution is 5.66. The zero-order valence-electron chi connectivity index (χ0n) is 18.7. The third-order valence-corrected chi connectivity index (χ3v) is 6.11. The molecule has 0 aromatic heterocycles. The van der Waals surface area contributed by atoms with Gasteiger partial charge in [-0.1, -0.05) is 18.1 Å². The number of morpholine rings is 2. The van der Waals surface area contributed by atoms with Gasteiger partial charge in [0.15, 0.2) is 5.60 Å². The zero-order chi connectivity index (χ0) is 22.6. The summed E-state index contributed by atoms with van der Waals surface area (Å²) in [6.07, 6.45) is 5.94. The van der Waals surface area contributed by atoms with E-state index in [0.717, 1.165) is 49.1 Å². The molecule has 2 aliphatic heterocycles. The maximum Gasteiger partial charge on any atom is 0.176 e. The second kappa shape index (κ2) is 9.70. The molecule has 0 atom stereocenters. The predicted octanol–water partition coefficient (Wildman–Crippen LogP) is 2.25. The van der Waals surface area contributed by atoms with Crippen molar-refractivity contribution >= 4 is 11.4 Å². The standard InChI is InChI=1S/C25H30N2O5/c1-4-25(28,19-5-7-23(29-2)21(17-19)26-9-13-31-14-10-26)20-6-8-24(30-3)22(18-20)27-11-15-32-16-12-27/h1,5-8,17-18,28H,9-16H2,2-3H3. The molecule has 0 spiro atoms. The Morgan fingerprint density at radius 1 is 0.812 bits per heavy atom. The van der Waals surface area contributed by atoms with Gasteiger partial charge in [0.2, 0.25) is 0 Å². The van der Waals surface area contributed by atoms with Crippen molar-refractivity contribution in [3.05, 3.63) is 47.5 Å². The summed E-state index contributed by atoms with van der Waals surface area (Å²) < 4.78 is 22.1. The van der Waals surface area contributed by atoms with Gasteiger partial charge in [-0.15, -0.1) is 6.42 Å². The van der Waals surface area contributed by atoms with E-state index >= 15 is 0 Å². The van der Waals surface area contributed by atoms with Crippen LogP contribution in [0.25, 0.3) is 0 Å². The number of hydrogen-bond donors (Lipinski definition) is 1. The van der Waals surface area contributed by atoms with Crippen LogP contribution in [0, 0.1) is 12.3 Å². The Bertz CT molecular complexity index is 905. The van der Waals surface area contributed by atoms with Crippen LogP contribution in [0.2, 0.25) is 0 Å². The molecule has 7 nitrogen and oxygen atoms in total. The van der Waals surface area contributed by atoms with Crippen molar-refractivity contribution in [3.63, 3.8) is 0 Å². The van der Waals surface area contributed by atoms with Gasteiger partial charge in [-0.3, -0.25) is 0 Å². The lowest BCUT2D eigenvalue weighted by Gasteiger charge is -2.33. The van der Waals surface area contributed by atoms with Gasteiger partial charge >= 0.3 is 0 Å². The van der Waals surface area contributed by atoms with Gasteiger partial charge in [-0.2, -0.15) is 0 Å². The van der Waals surface area contributed by atoms with E-state index in [4.69, 9.17) is 25.4 Å². The number of methoxy groups -OCH3 is 2. The van der Waals surface area contributed by atoms with Crippen molar-refractivity contribution in [2.75, 3.05) is 76.6 Å². The second-order valence-corrected chi connectivity index (χ2v) is 7.83. The van der Waals surface area contributed by atoms with Gasteiger partial charge in [0.25, 0.3) is 0 Å². The normalized spacial score (nSPS) is 17.1. The SMILES string of the molecule is C#CC(O)(c1ccc(OC)c(N2CCOCC2)c1)c1ccc(OC)c(N2CCOCC2)c1. The average Bonchev–Trinajstić information content (AvgIpc) is 2.88. The van der Waals surface area contributed by atoms with Crippen LogP contribution < -0.4 is 19.3 Å². The Hall–Kier alpha value is -2.92. The van der Waals surface area contributed by atoms with E-state index in [1.165, 1.54) is 0 Å². The zero-order valence-corrected chi connectivity index (χ0v) is 18.7. The van der Waals surface area contributed by atoms with Crippen molar-refractivity contribution in [3.8, 4) is 23.8 Å². The highest BCUT2D eigenvalue weighted by Gasteiger charge is 2.32. The molecule has 2 saturated heterocycles. The Kier molecular flexibility index (Phi) is 6.75. The Balaban J connectivity index is 1.76. The number of rotatable bonds is 6. The molecule has 7 heteroatoms. The molecule has 0 amide bonds. The Morgan fingerprint density at radius 2 is 1.22 bits per heavy atom. The van der Waals surface area contributed by atoms with Crippen LogP contribution in [0.15, 0.2) is 36.4 Å². The number of anilines is 2. The second-order valence-electron chi connectivity index (χ2n) is 7.83. The summed E-state index contributed by atoms with van der Waals surface area (Å²) in [7, 11) is 3.29. The number of aliphatic hydroxyl groups is 1. The third kappa shape index (κ3) is 4.22. The molecular weight excluding hydrogens is 408 g/mol. The van der Waals surface area contributed by atoms with Crippen LogP contribution >= 0.6 is 0 Å². The average molecular weight is 439 g/mol. The van der Waals surface area contributed by atoms with E-state index in [1.807, 2.05) is 36.4 Å². The van der Waals surface area contributed by atoms with Crippen molar-refractivity contribution in [1.82, 2.24) is 0 Å². The van der Waals surface area contributed by atoms with Gasteiger partial charge < -0.3 is 33.9 Å². The monoisotopic (exact) mass is 438 g/mol. The molecule has 0 radical (unpaired) electrons. The molecular formula is C25H30N2O5. The van der Waals surface area contributed by atoms with Crippen LogP contribution in [-0.2, 0) is 15.1 Å². The fourth-order valence-corrected chi connectivity index (χ4v) is 4.27. The number of nitrogens with zero attached hydrogens (tertiary/aromatic N) is 2. The van der Waals surface area contributed by atoms with E-state index in [0.29, 0.717) is 37.6 Å². The fraction of sp³-hybridized carbons (Fsp3) is 0.440. The molecule has 1 N–H and O–H groups in total. The summed E-state index contributed by atoms with van der Waals surface area (Å²) in [6.45, 7) is 5.58. The lowest BCUT2D eigenvalue weighted by Crippen LogP contribution is -2.37. The number of benzene rings is 2. The molecule has 0 bridgehead atoms. The van der Waals surface area contributed by atoms with E-state index < -0.39 is 5.60 Å². The summed E-state index contributed by atoms with van der Waals surface area (Å²) in [4.78, 5) is 4.38. The highest BCUT2D eigenvalue weighted by atomic mass is 16.5. The van der Waals surface area contributed by atoms with Crippen LogP contribution in [0.5, 0.6) is 11.5 Å². The topological polar surface area (TPSA) is 63.6 Å². The van der Waals surface area contributed by atoms with Gasteiger partial charge in [-0.25, -0.2) is 0 Å². The minimum Gasteiger partial charge on any atom is -0.495 e. The number of ether oxygens (including phenoxy) is 4. The molecule has 2 fully saturated rings. The van der Waals surface area contributed by atoms with Crippen molar-refractivity contribution in [1.29, 1.82) is 0 Å². The van der Waals surface area contributed by atoms with Crippen molar-refractivity contribution < 1.29 is 24.1 Å². The molecule has 2 aromatic rings. The van der Waals surface area contributed by atoms with Gasteiger partial charge in [0, 0.05) is 37.3 Å². The number of hydrogen-bond acceptors (Lipinski definition) is 7. The molecule has 2 aromatic carbocycles. The Morgan fingerprint density at radius 3 is 1.56 bits per heavy atom. The fourth-order valence-electron chi connectivity index (χ4n) is 4.27. The van der Waals surface area contributed by atoms with E-state index in [1.54, 1.807) is 14.2 Å². The molecule has 0 unspecified atom stereocenters. The highest BCUT2D eigenvalue weighted by Crippen LogP contribution is 2.39. The van der Waals surface area contributed by atoms with Crippen molar-refractivity contribution in [2.24, 2.45) is 0 Å². The first-order chi connectivity index (χ1) is 15.6. The molecule has 2 heterocycles. The summed E-state index contributed by atoms with van der Waals surface area (Å²) in [6, 6.07) is 11.2. The van der Waals surface area contributed by atoms with Crippen LogP contribution in [0.1, 0.15) is 11.1 Å². The van der Waals surface area contributed by atoms with Gasteiger partial charge in [0.05, 0.1) is 52.0 Å². The summed E-state index contributed by atoms with van der Waals surface area (Å²) in [5, 5.41) is 11.7. The summed E-state index contributed by atoms with van der Waals surface area (Å²) in [5.74, 6) is 4.10. The maximum atomic E-state index is 11.7. The minimum absolute atomic E-state index is 0.611. The molecule has 170 valence electrons. The summed E-state index contributed by atoms with van der Waals surface area (Å²) in [5.41, 5.74) is 1.40. The van der Waals surface area contributed by atoms with Crippen LogP contribution in [-0.4, -0.2) is 71.9 Å². The first kappa shape index (κ1) is 22.3. The lowest BCUT2D eigenvalue weighted by molar-refractivity contribution is 0.122. The molecule has 32 heavy (non-hydrogen) atoms. The smallest absolute Gasteiger partial charge is 0.176 e. The van der Waals surface area contributed by atoms with E-state index in [-0.39, 0.29) is 0 Å². The Labute approximate surface area is 189 Å². The largest absolute Gasteiger partial charge is 0.495 e. The first-order valence-corrected chi connectivity index (χ1v) is 10.8. The van der Waals surface area contributed by atoms with E-state index in [9.17, 15) is 5.11 Å². The van der Waals surface area contributed by atoms with Gasteiger partial charge in [0.1, 0.15) is 11.5 Å². The molecule has 4 rings (SSSR count). The molecule has 0 saturated carbocycles. The lowest BCUT2D eigenvalue weighted by atomic mass is 9.86. The molecule has 0 aliphatic carbocycles. The number of terminal acetylenes is 1. The van der Waals surface area contributed by atoms with Gasteiger partial charge in [-0.05, 0) is 24.3 Å². The first-order valence-electron chi connectivity index (χ1n) is 10.8. The van der Waals surface area contributed by atoms with E-state index in [2.05, 4.69) is 15.7 Å². The molecule has 2 aliphatic rings.